The van der Waals surface area contributed by atoms with Crippen molar-refractivity contribution in [3.8, 4) is 0 Å². The first-order valence-corrected chi connectivity index (χ1v) is 7.43. The number of anilines is 1. The normalized spacial score (nSPS) is 10.7. The third kappa shape index (κ3) is 5.15. The molecule has 1 aromatic carbocycles. The highest BCUT2D eigenvalue weighted by Crippen LogP contribution is 2.06. The summed E-state index contributed by atoms with van der Waals surface area (Å²) in [6.45, 7) is 7.86. The maximum atomic E-state index is 5.20. The van der Waals surface area contributed by atoms with Crippen LogP contribution in [-0.4, -0.2) is 26.4 Å². The van der Waals surface area contributed by atoms with Crippen molar-refractivity contribution in [2.24, 2.45) is 5.92 Å². The number of nitrogens with zero attached hydrogens (tertiary/aromatic N) is 3. The molecule has 0 aliphatic heterocycles. The summed E-state index contributed by atoms with van der Waals surface area (Å²) in [6, 6.07) is 8.35. The van der Waals surface area contributed by atoms with E-state index in [0.717, 1.165) is 6.54 Å². The summed E-state index contributed by atoms with van der Waals surface area (Å²) in [4.78, 5) is 4.22. The highest BCUT2D eigenvalue weighted by atomic mass is 32.1. The molecule has 1 aromatic heterocycles. The Balaban J connectivity index is 1.91. The molecule has 2 rings (SSSR count). The van der Waals surface area contributed by atoms with Gasteiger partial charge in [-0.05, 0) is 30.6 Å². The van der Waals surface area contributed by atoms with Crippen LogP contribution in [0.15, 0.2) is 30.6 Å². The van der Waals surface area contributed by atoms with Crippen LogP contribution >= 0.6 is 12.2 Å². The number of rotatable bonds is 5. The molecule has 0 amide bonds. The summed E-state index contributed by atoms with van der Waals surface area (Å²) in [5, 5.41) is 11.0. The molecule has 2 N–H and O–H groups in total. The van der Waals surface area contributed by atoms with Gasteiger partial charge < -0.3 is 5.32 Å². The number of hydrogen-bond acceptors (Lipinski definition) is 3. The Bertz CT molecular complexity index is 606. The van der Waals surface area contributed by atoms with Gasteiger partial charge in [-0.25, -0.2) is 9.67 Å². The van der Waals surface area contributed by atoms with Gasteiger partial charge in [-0.15, -0.1) is 5.10 Å². The molecule has 6 heteroatoms. The van der Waals surface area contributed by atoms with Crippen molar-refractivity contribution in [1.82, 2.24) is 20.1 Å². The summed E-state index contributed by atoms with van der Waals surface area (Å²) < 4.78 is 1.79. The van der Waals surface area contributed by atoms with Gasteiger partial charge in [0.25, 0.3) is 0 Å². The van der Waals surface area contributed by atoms with Gasteiger partial charge >= 0.3 is 0 Å². The lowest BCUT2D eigenvalue weighted by Crippen LogP contribution is -2.31. The van der Waals surface area contributed by atoms with E-state index in [0.29, 0.717) is 23.5 Å². The van der Waals surface area contributed by atoms with Gasteiger partial charge in [0.2, 0.25) is 5.95 Å². The van der Waals surface area contributed by atoms with Crippen LogP contribution in [0.3, 0.4) is 0 Å². The number of nitrogens with one attached hydrogen (secondary N) is 2. The minimum atomic E-state index is 0.518. The van der Waals surface area contributed by atoms with Crippen LogP contribution in [0.2, 0.25) is 0 Å². The van der Waals surface area contributed by atoms with E-state index in [9.17, 15) is 0 Å². The number of aromatic nitrogens is 3. The van der Waals surface area contributed by atoms with Crippen LogP contribution in [0.1, 0.15) is 25.0 Å². The number of aryl methyl sites for hydroxylation is 1. The van der Waals surface area contributed by atoms with Crippen molar-refractivity contribution in [2.75, 3.05) is 11.9 Å². The monoisotopic (exact) mass is 303 g/mol. The van der Waals surface area contributed by atoms with Crippen molar-refractivity contribution in [3.63, 3.8) is 0 Å². The Morgan fingerprint density at radius 1 is 1.38 bits per heavy atom. The fraction of sp³-hybridized carbons (Fsp3) is 0.400. The van der Waals surface area contributed by atoms with Gasteiger partial charge in [-0.3, -0.25) is 5.32 Å². The van der Waals surface area contributed by atoms with Gasteiger partial charge in [0.05, 0.1) is 6.54 Å². The van der Waals surface area contributed by atoms with E-state index in [1.807, 2.05) is 6.07 Å². The molecular formula is C15H21N5S. The standard InChI is InChI=1S/C15H21N5S/c1-11(2)8-16-15(21)18-14-17-10-20(19-14)9-13-6-4-5-12(3)7-13/h4-7,10-11H,8-9H2,1-3H3,(H2,16,18,19,21). The second kappa shape index (κ2) is 7.17. The Kier molecular flexibility index (Phi) is 5.27. The van der Waals surface area contributed by atoms with Crippen LogP contribution in [0.5, 0.6) is 0 Å². The zero-order valence-electron chi connectivity index (χ0n) is 12.6. The quantitative estimate of drug-likeness (QED) is 0.832. The molecular weight excluding hydrogens is 282 g/mol. The van der Waals surface area contributed by atoms with Crippen LogP contribution < -0.4 is 10.6 Å². The molecule has 1 heterocycles. The Hall–Kier alpha value is -1.95. The Morgan fingerprint density at radius 2 is 2.19 bits per heavy atom. The average Bonchev–Trinajstić information content (AvgIpc) is 2.83. The molecule has 0 atom stereocenters. The second-order valence-electron chi connectivity index (χ2n) is 5.48. The van der Waals surface area contributed by atoms with Crippen molar-refractivity contribution >= 4 is 23.3 Å². The maximum Gasteiger partial charge on any atom is 0.248 e. The predicted molar refractivity (Wildman–Crippen MR) is 89.4 cm³/mol. The fourth-order valence-corrected chi connectivity index (χ4v) is 2.04. The summed E-state index contributed by atoms with van der Waals surface area (Å²) in [5.74, 6) is 1.06. The van der Waals surface area contributed by atoms with E-state index in [1.165, 1.54) is 11.1 Å². The topological polar surface area (TPSA) is 54.8 Å². The van der Waals surface area contributed by atoms with Crippen molar-refractivity contribution in [2.45, 2.75) is 27.3 Å². The zero-order chi connectivity index (χ0) is 15.2. The highest BCUT2D eigenvalue weighted by molar-refractivity contribution is 7.80. The van der Waals surface area contributed by atoms with Gasteiger partial charge in [0.15, 0.2) is 5.11 Å². The van der Waals surface area contributed by atoms with Crippen LogP contribution in [0, 0.1) is 12.8 Å². The van der Waals surface area contributed by atoms with Gasteiger partial charge in [-0.1, -0.05) is 43.7 Å². The lowest BCUT2D eigenvalue weighted by atomic mass is 10.1. The van der Waals surface area contributed by atoms with Gasteiger partial charge in [0.1, 0.15) is 6.33 Å². The third-order valence-corrected chi connectivity index (χ3v) is 3.11. The maximum absolute atomic E-state index is 5.20. The van der Waals surface area contributed by atoms with E-state index in [4.69, 9.17) is 12.2 Å². The van der Waals surface area contributed by atoms with Crippen LogP contribution in [0.25, 0.3) is 0 Å². The lowest BCUT2D eigenvalue weighted by molar-refractivity contribution is 0.627. The SMILES string of the molecule is Cc1cccc(Cn2cnc(NC(=S)NCC(C)C)n2)c1. The van der Waals surface area contributed by atoms with E-state index in [1.54, 1.807) is 11.0 Å². The number of thiocarbonyl (C=S) groups is 1. The van der Waals surface area contributed by atoms with E-state index >= 15 is 0 Å². The smallest absolute Gasteiger partial charge is 0.248 e. The molecule has 0 saturated carbocycles. The average molecular weight is 303 g/mol. The van der Waals surface area contributed by atoms with E-state index in [-0.39, 0.29) is 0 Å². The van der Waals surface area contributed by atoms with Crippen molar-refractivity contribution in [3.05, 3.63) is 41.7 Å². The molecule has 0 aliphatic rings. The fourth-order valence-electron chi connectivity index (χ4n) is 1.87. The minimum absolute atomic E-state index is 0.518. The van der Waals surface area contributed by atoms with E-state index in [2.05, 4.69) is 59.7 Å². The molecule has 2 aromatic rings. The Labute approximate surface area is 130 Å². The summed E-state index contributed by atoms with van der Waals surface area (Å²) in [7, 11) is 0. The molecule has 0 fully saturated rings. The molecule has 0 radical (unpaired) electrons. The molecule has 21 heavy (non-hydrogen) atoms. The van der Waals surface area contributed by atoms with Crippen molar-refractivity contribution in [1.29, 1.82) is 0 Å². The molecule has 112 valence electrons. The van der Waals surface area contributed by atoms with Gasteiger partial charge in [0, 0.05) is 6.54 Å². The first-order valence-electron chi connectivity index (χ1n) is 7.03. The van der Waals surface area contributed by atoms with Crippen molar-refractivity contribution < 1.29 is 0 Å². The number of hydrogen-bond donors (Lipinski definition) is 2. The molecule has 5 nitrogen and oxygen atoms in total. The molecule has 0 bridgehead atoms. The largest absolute Gasteiger partial charge is 0.362 e. The number of benzene rings is 1. The van der Waals surface area contributed by atoms with Crippen LogP contribution in [0.4, 0.5) is 5.95 Å². The first-order chi connectivity index (χ1) is 10.0. The lowest BCUT2D eigenvalue weighted by Gasteiger charge is -2.09. The van der Waals surface area contributed by atoms with E-state index < -0.39 is 0 Å². The first kappa shape index (κ1) is 15.4. The van der Waals surface area contributed by atoms with Gasteiger partial charge in [-0.2, -0.15) is 0 Å². The predicted octanol–water partition coefficient (Wildman–Crippen LogP) is 2.58. The highest BCUT2D eigenvalue weighted by Gasteiger charge is 2.04. The molecule has 0 unspecified atom stereocenters. The third-order valence-electron chi connectivity index (χ3n) is 2.86. The summed E-state index contributed by atoms with van der Waals surface area (Å²) in [6.07, 6.45) is 1.70. The minimum Gasteiger partial charge on any atom is -0.362 e. The molecule has 0 aliphatic carbocycles. The Morgan fingerprint density at radius 3 is 2.90 bits per heavy atom. The second-order valence-corrected chi connectivity index (χ2v) is 5.89. The summed E-state index contributed by atoms with van der Waals surface area (Å²) >= 11 is 5.20. The summed E-state index contributed by atoms with van der Waals surface area (Å²) in [5.41, 5.74) is 2.44. The van der Waals surface area contributed by atoms with Crippen LogP contribution in [-0.2, 0) is 6.54 Å². The zero-order valence-corrected chi connectivity index (χ0v) is 13.4. The molecule has 0 saturated heterocycles. The molecule has 0 spiro atoms.